The summed E-state index contributed by atoms with van der Waals surface area (Å²) in [6.45, 7) is 3.80. The van der Waals surface area contributed by atoms with E-state index in [0.717, 1.165) is 17.2 Å². The van der Waals surface area contributed by atoms with Gasteiger partial charge in [0.25, 0.3) is 5.91 Å². The molecule has 0 saturated carbocycles. The minimum Gasteiger partial charge on any atom is -0.360 e. The molecule has 2 aromatic rings. The first-order valence-electron chi connectivity index (χ1n) is 7.73. The van der Waals surface area contributed by atoms with Crippen molar-refractivity contribution in [3.8, 4) is 6.07 Å². The quantitative estimate of drug-likeness (QED) is 0.537. The molecule has 0 aliphatic carbocycles. The monoisotopic (exact) mass is 393 g/mol. The van der Waals surface area contributed by atoms with Crippen LogP contribution in [0.5, 0.6) is 0 Å². The van der Waals surface area contributed by atoms with E-state index >= 15 is 0 Å². The number of rotatable bonds is 4. The molecule has 140 valence electrons. The van der Waals surface area contributed by atoms with E-state index in [1.54, 1.807) is 6.07 Å². The zero-order valence-corrected chi connectivity index (χ0v) is 15.2. The van der Waals surface area contributed by atoms with E-state index in [4.69, 9.17) is 16.9 Å². The van der Waals surface area contributed by atoms with Crippen molar-refractivity contribution < 1.29 is 18.0 Å². The van der Waals surface area contributed by atoms with Crippen molar-refractivity contribution in [1.29, 1.82) is 5.26 Å². The van der Waals surface area contributed by atoms with Gasteiger partial charge in [-0.25, -0.2) is 0 Å². The van der Waals surface area contributed by atoms with Crippen LogP contribution in [-0.4, -0.2) is 5.91 Å². The molecule has 2 aromatic carbocycles. The molecule has 0 aromatic heterocycles. The number of amides is 1. The van der Waals surface area contributed by atoms with E-state index in [9.17, 15) is 18.0 Å². The van der Waals surface area contributed by atoms with E-state index in [1.807, 2.05) is 32.0 Å². The average Bonchev–Trinajstić information content (AvgIpc) is 2.55. The van der Waals surface area contributed by atoms with Crippen molar-refractivity contribution in [2.45, 2.75) is 20.0 Å². The number of carbonyl (C=O) groups excluding carboxylic acids is 1. The van der Waals surface area contributed by atoms with Gasteiger partial charge in [-0.2, -0.15) is 18.4 Å². The molecule has 0 fully saturated rings. The summed E-state index contributed by atoms with van der Waals surface area (Å²) in [6, 6.07) is 10.3. The molecule has 0 saturated heterocycles. The first kappa shape index (κ1) is 20.3. The number of anilines is 2. The molecule has 4 nitrogen and oxygen atoms in total. The van der Waals surface area contributed by atoms with Crippen LogP contribution in [0.3, 0.4) is 0 Å². The molecule has 0 spiro atoms. The van der Waals surface area contributed by atoms with Gasteiger partial charge in [-0.3, -0.25) is 4.79 Å². The Hall–Kier alpha value is -2.98. The SMILES string of the molecule is Cc1cc(C)cc(N/C=C(/C#N)C(=O)Nc2ccc(Cl)c(C(F)(F)F)c2)c1. The molecule has 1 amide bonds. The highest BCUT2D eigenvalue weighted by Gasteiger charge is 2.33. The van der Waals surface area contributed by atoms with Crippen molar-refractivity contribution >= 4 is 28.9 Å². The molecular weight excluding hydrogens is 379 g/mol. The number of benzene rings is 2. The van der Waals surface area contributed by atoms with Crippen molar-refractivity contribution in [3.63, 3.8) is 0 Å². The Balaban J connectivity index is 2.19. The molecule has 2 N–H and O–H groups in total. The summed E-state index contributed by atoms with van der Waals surface area (Å²) in [5, 5.41) is 13.8. The minimum atomic E-state index is -4.66. The Bertz CT molecular complexity index is 926. The van der Waals surface area contributed by atoms with Gasteiger partial charge in [0.2, 0.25) is 0 Å². The third-order valence-corrected chi connectivity index (χ3v) is 3.83. The van der Waals surface area contributed by atoms with Crippen LogP contribution in [0.4, 0.5) is 24.5 Å². The fourth-order valence-electron chi connectivity index (χ4n) is 2.38. The van der Waals surface area contributed by atoms with Crippen LogP contribution in [0.15, 0.2) is 48.2 Å². The second-order valence-corrected chi connectivity index (χ2v) is 6.24. The number of alkyl halides is 3. The Morgan fingerprint density at radius 2 is 1.74 bits per heavy atom. The molecule has 27 heavy (non-hydrogen) atoms. The van der Waals surface area contributed by atoms with E-state index in [-0.39, 0.29) is 11.3 Å². The number of carbonyl (C=O) groups is 1. The van der Waals surface area contributed by atoms with Gasteiger partial charge in [-0.05, 0) is 55.3 Å². The molecule has 0 radical (unpaired) electrons. The molecule has 0 atom stereocenters. The van der Waals surface area contributed by atoms with Gasteiger partial charge in [0.15, 0.2) is 0 Å². The predicted molar refractivity (Wildman–Crippen MR) is 98.3 cm³/mol. The number of nitrogens with zero attached hydrogens (tertiary/aromatic N) is 1. The fraction of sp³-hybridized carbons (Fsp3) is 0.158. The fourth-order valence-corrected chi connectivity index (χ4v) is 2.61. The first-order chi connectivity index (χ1) is 12.6. The number of nitriles is 1. The number of aryl methyl sites for hydroxylation is 2. The van der Waals surface area contributed by atoms with E-state index in [1.165, 1.54) is 12.3 Å². The highest BCUT2D eigenvalue weighted by molar-refractivity contribution is 6.31. The smallest absolute Gasteiger partial charge is 0.360 e. The summed E-state index contributed by atoms with van der Waals surface area (Å²) in [5.74, 6) is -0.843. The lowest BCUT2D eigenvalue weighted by Crippen LogP contribution is -2.15. The van der Waals surface area contributed by atoms with Gasteiger partial charge in [0.1, 0.15) is 11.6 Å². The standard InChI is InChI=1S/C19H15ClF3N3O/c1-11-5-12(2)7-15(6-11)25-10-13(9-24)18(27)26-14-3-4-17(20)16(8-14)19(21,22)23/h3-8,10,25H,1-2H3,(H,26,27)/b13-10-. The Labute approximate surface area is 159 Å². The van der Waals surface area contributed by atoms with Crippen molar-refractivity contribution in [2.75, 3.05) is 10.6 Å². The van der Waals surface area contributed by atoms with Gasteiger partial charge >= 0.3 is 6.18 Å². The maximum absolute atomic E-state index is 12.9. The number of nitrogens with one attached hydrogen (secondary N) is 2. The lowest BCUT2D eigenvalue weighted by molar-refractivity contribution is -0.137. The molecule has 0 aliphatic rings. The largest absolute Gasteiger partial charge is 0.417 e. The third kappa shape index (κ3) is 5.50. The number of hydrogen-bond donors (Lipinski definition) is 2. The second-order valence-electron chi connectivity index (χ2n) is 5.84. The zero-order valence-electron chi connectivity index (χ0n) is 14.4. The third-order valence-electron chi connectivity index (χ3n) is 3.50. The Morgan fingerprint density at radius 3 is 2.30 bits per heavy atom. The lowest BCUT2D eigenvalue weighted by Gasteiger charge is -2.11. The Kier molecular flexibility index (Phi) is 6.13. The topological polar surface area (TPSA) is 64.9 Å². The van der Waals surface area contributed by atoms with Crippen LogP contribution in [0.25, 0.3) is 0 Å². The molecule has 0 aliphatic heterocycles. The molecular formula is C19H15ClF3N3O. The maximum atomic E-state index is 12.9. The van der Waals surface area contributed by atoms with Gasteiger partial charge in [-0.15, -0.1) is 0 Å². The van der Waals surface area contributed by atoms with E-state index in [2.05, 4.69) is 10.6 Å². The normalized spacial score (nSPS) is 11.7. The zero-order chi connectivity index (χ0) is 20.2. The predicted octanol–water partition coefficient (Wildman–Crippen LogP) is 5.43. The summed E-state index contributed by atoms with van der Waals surface area (Å²) in [4.78, 5) is 12.2. The maximum Gasteiger partial charge on any atom is 0.417 e. The van der Waals surface area contributed by atoms with Gasteiger partial charge in [0.05, 0.1) is 10.6 Å². The summed E-state index contributed by atoms with van der Waals surface area (Å²) in [7, 11) is 0. The van der Waals surface area contributed by atoms with Crippen molar-refractivity contribution in [2.24, 2.45) is 0 Å². The highest BCUT2D eigenvalue weighted by Crippen LogP contribution is 2.36. The van der Waals surface area contributed by atoms with Gasteiger partial charge in [-0.1, -0.05) is 17.7 Å². The summed E-state index contributed by atoms with van der Waals surface area (Å²) >= 11 is 5.54. The van der Waals surface area contributed by atoms with Crippen LogP contribution in [0.1, 0.15) is 16.7 Å². The van der Waals surface area contributed by atoms with Crippen LogP contribution >= 0.6 is 11.6 Å². The minimum absolute atomic E-state index is 0.121. The van der Waals surface area contributed by atoms with Gasteiger partial charge < -0.3 is 10.6 Å². The first-order valence-corrected chi connectivity index (χ1v) is 8.11. The van der Waals surface area contributed by atoms with Gasteiger partial charge in [0, 0.05) is 17.6 Å². The molecule has 2 rings (SSSR count). The van der Waals surface area contributed by atoms with Crippen LogP contribution in [0.2, 0.25) is 5.02 Å². The Morgan fingerprint density at radius 1 is 1.11 bits per heavy atom. The number of halogens is 4. The van der Waals surface area contributed by atoms with Crippen LogP contribution < -0.4 is 10.6 Å². The lowest BCUT2D eigenvalue weighted by atomic mass is 10.1. The van der Waals surface area contributed by atoms with Crippen molar-refractivity contribution in [3.05, 3.63) is 69.9 Å². The van der Waals surface area contributed by atoms with Crippen LogP contribution in [0, 0.1) is 25.2 Å². The summed E-state index contributed by atoms with van der Waals surface area (Å²) in [5.41, 5.74) is 1.18. The molecule has 8 heteroatoms. The molecule has 0 unspecified atom stereocenters. The highest BCUT2D eigenvalue weighted by atomic mass is 35.5. The molecule has 0 heterocycles. The van der Waals surface area contributed by atoms with Crippen molar-refractivity contribution in [1.82, 2.24) is 0 Å². The van der Waals surface area contributed by atoms with Crippen LogP contribution in [-0.2, 0) is 11.0 Å². The number of hydrogen-bond acceptors (Lipinski definition) is 3. The molecule has 0 bridgehead atoms. The summed E-state index contributed by atoms with van der Waals surface area (Å²) in [6.07, 6.45) is -3.46. The summed E-state index contributed by atoms with van der Waals surface area (Å²) < 4.78 is 38.7. The second kappa shape index (κ2) is 8.14. The van der Waals surface area contributed by atoms with E-state index in [0.29, 0.717) is 11.8 Å². The van der Waals surface area contributed by atoms with E-state index < -0.39 is 22.7 Å². The average molecular weight is 394 g/mol.